The normalized spacial score (nSPS) is 19.4. The summed E-state index contributed by atoms with van der Waals surface area (Å²) in [6, 6.07) is 6.91. The number of ether oxygens (including phenoxy) is 1. The Bertz CT molecular complexity index is 1360. The van der Waals surface area contributed by atoms with Crippen molar-refractivity contribution in [3.63, 3.8) is 0 Å². The van der Waals surface area contributed by atoms with Crippen LogP contribution in [0.3, 0.4) is 0 Å². The van der Waals surface area contributed by atoms with Crippen molar-refractivity contribution in [2.24, 2.45) is 0 Å². The summed E-state index contributed by atoms with van der Waals surface area (Å²) < 4.78 is 85.0. The number of carbonyl (C=O) groups excluding carboxylic acids is 3. The molecule has 0 radical (unpaired) electrons. The van der Waals surface area contributed by atoms with Crippen LogP contribution in [0.25, 0.3) is 0 Å². The predicted octanol–water partition coefficient (Wildman–Crippen LogP) is 4.78. The molecule has 0 aliphatic carbocycles. The van der Waals surface area contributed by atoms with E-state index in [9.17, 15) is 40.7 Å². The lowest BCUT2D eigenvalue weighted by Crippen LogP contribution is -2.56. The molecular formula is C29H30F6N4O4S. The number of nitrogens with zero attached hydrogens (tertiary/aromatic N) is 2. The van der Waals surface area contributed by atoms with Crippen LogP contribution in [0.1, 0.15) is 42.4 Å². The molecular weight excluding hydrogens is 614 g/mol. The number of thiocarbonyl (C=S) groups is 1. The molecule has 0 saturated carbocycles. The van der Waals surface area contributed by atoms with Crippen LogP contribution in [0, 0.1) is 0 Å². The van der Waals surface area contributed by atoms with Gasteiger partial charge in [-0.3, -0.25) is 9.59 Å². The number of benzene rings is 2. The molecule has 2 aliphatic rings. The van der Waals surface area contributed by atoms with Crippen LogP contribution in [-0.4, -0.2) is 71.0 Å². The van der Waals surface area contributed by atoms with E-state index >= 15 is 0 Å². The van der Waals surface area contributed by atoms with E-state index in [0.717, 1.165) is 0 Å². The fraction of sp³-hybridized carbons (Fsp3) is 0.448. The van der Waals surface area contributed by atoms with E-state index in [-0.39, 0.29) is 24.1 Å². The van der Waals surface area contributed by atoms with Gasteiger partial charge >= 0.3 is 18.3 Å². The third-order valence-electron chi connectivity index (χ3n) is 7.56. The zero-order valence-electron chi connectivity index (χ0n) is 23.5. The third kappa shape index (κ3) is 7.79. The third-order valence-corrected chi connectivity index (χ3v) is 7.78. The second-order valence-electron chi connectivity index (χ2n) is 10.5. The van der Waals surface area contributed by atoms with Crippen LogP contribution in [0.2, 0.25) is 0 Å². The number of esters is 1. The topological polar surface area (TPSA) is 91.0 Å². The standard InChI is InChI=1S/C29H30F6N4O4S/c1-43-26(42)23-10-6-12-39(23)25(41)22-9-5-11-38(22)24(40)21(13-17-7-3-2-4-8-17)37-27(44)36-20-15-18(28(30,31)32)14-19(16-20)29(33,34)35/h2-4,7-8,14-16,21-23H,5-6,9-13H2,1H3,(H2,36,37,44)/t21-,22?,23-/m0/s1. The molecule has 2 aromatic rings. The maximum absolute atomic E-state index is 13.9. The minimum Gasteiger partial charge on any atom is -0.467 e. The highest BCUT2D eigenvalue weighted by atomic mass is 32.1. The average Bonchev–Trinajstić information content (AvgIpc) is 3.66. The van der Waals surface area contributed by atoms with Crippen molar-refractivity contribution in [1.29, 1.82) is 0 Å². The summed E-state index contributed by atoms with van der Waals surface area (Å²) >= 11 is 5.24. The molecule has 0 aromatic heterocycles. The highest BCUT2D eigenvalue weighted by Gasteiger charge is 2.44. The van der Waals surface area contributed by atoms with Crippen molar-refractivity contribution >= 4 is 40.8 Å². The van der Waals surface area contributed by atoms with Crippen molar-refractivity contribution in [1.82, 2.24) is 15.1 Å². The zero-order valence-corrected chi connectivity index (χ0v) is 24.3. The monoisotopic (exact) mass is 644 g/mol. The molecule has 1 unspecified atom stereocenters. The van der Waals surface area contributed by atoms with E-state index in [2.05, 4.69) is 10.6 Å². The molecule has 15 heteroatoms. The first-order valence-electron chi connectivity index (χ1n) is 13.8. The van der Waals surface area contributed by atoms with E-state index in [1.165, 1.54) is 16.9 Å². The fourth-order valence-corrected chi connectivity index (χ4v) is 5.75. The largest absolute Gasteiger partial charge is 0.467 e. The maximum Gasteiger partial charge on any atom is 0.416 e. The lowest BCUT2D eigenvalue weighted by Gasteiger charge is -2.33. The molecule has 238 valence electrons. The van der Waals surface area contributed by atoms with Gasteiger partial charge in [-0.2, -0.15) is 26.3 Å². The van der Waals surface area contributed by atoms with Gasteiger partial charge in [-0.05, 0) is 61.7 Å². The van der Waals surface area contributed by atoms with Gasteiger partial charge in [0, 0.05) is 25.2 Å². The Morgan fingerprint density at radius 2 is 1.48 bits per heavy atom. The van der Waals surface area contributed by atoms with Gasteiger partial charge in [0.1, 0.15) is 18.1 Å². The number of alkyl halides is 6. The molecule has 2 aliphatic heterocycles. The van der Waals surface area contributed by atoms with Crippen LogP contribution >= 0.6 is 12.2 Å². The molecule has 0 spiro atoms. The van der Waals surface area contributed by atoms with Crippen molar-refractivity contribution in [2.45, 2.75) is 62.6 Å². The van der Waals surface area contributed by atoms with Gasteiger partial charge in [-0.15, -0.1) is 0 Å². The first-order chi connectivity index (χ1) is 20.7. The van der Waals surface area contributed by atoms with Crippen LogP contribution < -0.4 is 10.6 Å². The second-order valence-corrected chi connectivity index (χ2v) is 10.9. The predicted molar refractivity (Wildman–Crippen MR) is 151 cm³/mol. The number of hydrogen-bond acceptors (Lipinski definition) is 5. The van der Waals surface area contributed by atoms with E-state index in [1.807, 2.05) is 0 Å². The Labute approximate surface area is 254 Å². The number of hydrogen-bond donors (Lipinski definition) is 2. The minimum absolute atomic E-state index is 0.000951. The Kier molecular flexibility index (Phi) is 10.1. The van der Waals surface area contributed by atoms with Gasteiger partial charge in [-0.1, -0.05) is 30.3 Å². The summed E-state index contributed by atoms with van der Waals surface area (Å²) in [5, 5.41) is 4.71. The second kappa shape index (κ2) is 13.4. The van der Waals surface area contributed by atoms with E-state index in [1.54, 1.807) is 30.3 Å². The van der Waals surface area contributed by atoms with Gasteiger partial charge in [0.25, 0.3) is 0 Å². The summed E-state index contributed by atoms with van der Waals surface area (Å²) in [6.45, 7) is 0.551. The number of methoxy groups -OCH3 is 1. The number of halogens is 6. The molecule has 2 saturated heterocycles. The Morgan fingerprint density at radius 1 is 0.909 bits per heavy atom. The average molecular weight is 645 g/mol. The van der Waals surface area contributed by atoms with Gasteiger partial charge in [0.05, 0.1) is 18.2 Å². The van der Waals surface area contributed by atoms with Gasteiger partial charge in [0.2, 0.25) is 11.8 Å². The van der Waals surface area contributed by atoms with Crippen molar-refractivity contribution in [2.75, 3.05) is 25.5 Å². The van der Waals surface area contributed by atoms with Crippen molar-refractivity contribution in [3.8, 4) is 0 Å². The molecule has 8 nitrogen and oxygen atoms in total. The number of anilines is 1. The SMILES string of the molecule is COC(=O)[C@@H]1CCCN1C(=O)C1CCCN1C(=O)[C@H](Cc1ccccc1)NC(=S)Nc1cc(C(F)(F)F)cc(C(F)(F)F)c1. The number of carbonyl (C=O) groups is 3. The number of likely N-dealkylation sites (tertiary alicyclic amines) is 2. The quantitative estimate of drug-likeness (QED) is 0.255. The smallest absolute Gasteiger partial charge is 0.416 e. The molecule has 2 heterocycles. The molecule has 4 rings (SSSR count). The highest BCUT2D eigenvalue weighted by molar-refractivity contribution is 7.80. The van der Waals surface area contributed by atoms with E-state index in [4.69, 9.17) is 17.0 Å². The van der Waals surface area contributed by atoms with Crippen LogP contribution in [0.4, 0.5) is 32.0 Å². The Morgan fingerprint density at radius 3 is 2.05 bits per heavy atom. The zero-order chi connectivity index (χ0) is 32.2. The summed E-state index contributed by atoms with van der Waals surface area (Å²) in [5.41, 5.74) is -2.94. The summed E-state index contributed by atoms with van der Waals surface area (Å²) in [7, 11) is 1.23. The number of rotatable bonds is 7. The lowest BCUT2D eigenvalue weighted by atomic mass is 10.0. The Balaban J connectivity index is 1.57. The highest BCUT2D eigenvalue weighted by Crippen LogP contribution is 2.37. The molecule has 2 N–H and O–H groups in total. The lowest BCUT2D eigenvalue weighted by molar-refractivity contribution is -0.154. The first kappa shape index (κ1) is 33.0. The Hall–Kier alpha value is -3.88. The molecule has 2 amide bonds. The van der Waals surface area contributed by atoms with Crippen LogP contribution in [0.5, 0.6) is 0 Å². The van der Waals surface area contributed by atoms with Crippen molar-refractivity contribution < 1.29 is 45.5 Å². The van der Waals surface area contributed by atoms with Gasteiger partial charge < -0.3 is 25.2 Å². The van der Waals surface area contributed by atoms with Crippen LogP contribution in [-0.2, 0) is 37.9 Å². The molecule has 44 heavy (non-hydrogen) atoms. The summed E-state index contributed by atoms with van der Waals surface area (Å²) in [6.07, 6.45) is -8.19. The first-order valence-corrected chi connectivity index (χ1v) is 14.2. The van der Waals surface area contributed by atoms with Crippen molar-refractivity contribution in [3.05, 3.63) is 65.2 Å². The summed E-state index contributed by atoms with van der Waals surface area (Å²) in [5.74, 6) is -1.48. The maximum atomic E-state index is 13.9. The molecule has 2 aromatic carbocycles. The van der Waals surface area contributed by atoms with Gasteiger partial charge in [0.15, 0.2) is 5.11 Å². The fourth-order valence-electron chi connectivity index (χ4n) is 5.49. The summed E-state index contributed by atoms with van der Waals surface area (Å²) in [4.78, 5) is 42.5. The van der Waals surface area contributed by atoms with E-state index < -0.39 is 65.1 Å². The van der Waals surface area contributed by atoms with E-state index in [0.29, 0.717) is 49.9 Å². The number of amides is 2. The number of nitrogens with one attached hydrogen (secondary N) is 2. The molecule has 2 fully saturated rings. The molecule has 3 atom stereocenters. The molecule has 0 bridgehead atoms. The van der Waals surface area contributed by atoms with Crippen LogP contribution in [0.15, 0.2) is 48.5 Å². The van der Waals surface area contributed by atoms with Gasteiger partial charge in [-0.25, -0.2) is 4.79 Å². The minimum atomic E-state index is -5.06.